The van der Waals surface area contributed by atoms with Gasteiger partial charge in [-0.1, -0.05) is 54.6 Å². The molecule has 182 valence electrons. The van der Waals surface area contributed by atoms with E-state index in [4.69, 9.17) is 9.72 Å². The van der Waals surface area contributed by atoms with Gasteiger partial charge in [0, 0.05) is 25.6 Å². The predicted octanol–water partition coefficient (Wildman–Crippen LogP) is 4.31. The summed E-state index contributed by atoms with van der Waals surface area (Å²) in [5.41, 5.74) is 5.30. The third kappa shape index (κ3) is 4.12. The number of rotatable bonds is 4. The van der Waals surface area contributed by atoms with Gasteiger partial charge in [-0.05, 0) is 58.8 Å². The van der Waals surface area contributed by atoms with E-state index in [0.29, 0.717) is 30.4 Å². The lowest BCUT2D eigenvalue weighted by molar-refractivity contribution is -0.0395. The summed E-state index contributed by atoms with van der Waals surface area (Å²) in [7, 11) is 2.07. The molecule has 0 amide bonds. The Hall–Kier alpha value is -3.74. The van der Waals surface area contributed by atoms with Crippen LogP contribution in [0.3, 0.4) is 0 Å². The fourth-order valence-electron chi connectivity index (χ4n) is 5.30. The first-order chi connectivity index (χ1) is 17.6. The molecule has 3 heterocycles. The van der Waals surface area contributed by atoms with Crippen LogP contribution in [-0.2, 0) is 11.2 Å². The molecule has 1 fully saturated rings. The first-order valence-corrected chi connectivity index (χ1v) is 12.4. The van der Waals surface area contributed by atoms with Crippen LogP contribution in [0, 0.1) is 0 Å². The first-order valence-electron chi connectivity index (χ1n) is 12.4. The number of fused-ring (bicyclic) bond motifs is 3. The minimum absolute atomic E-state index is 0.116. The molecule has 6 heteroatoms. The van der Waals surface area contributed by atoms with Crippen molar-refractivity contribution in [1.29, 1.82) is 0 Å². The van der Waals surface area contributed by atoms with Gasteiger partial charge < -0.3 is 14.7 Å². The second-order valence-corrected chi connectivity index (χ2v) is 9.72. The quantitative estimate of drug-likeness (QED) is 0.442. The van der Waals surface area contributed by atoms with Gasteiger partial charge >= 0.3 is 0 Å². The van der Waals surface area contributed by atoms with Crippen LogP contribution in [0.25, 0.3) is 27.2 Å². The molecule has 0 unspecified atom stereocenters. The Kier molecular flexibility index (Phi) is 5.91. The van der Waals surface area contributed by atoms with E-state index in [1.807, 2.05) is 24.3 Å². The Labute approximate surface area is 209 Å². The molecule has 0 saturated carbocycles. The second kappa shape index (κ2) is 9.37. The molecule has 0 bridgehead atoms. The van der Waals surface area contributed by atoms with Crippen LogP contribution in [0.4, 0.5) is 0 Å². The summed E-state index contributed by atoms with van der Waals surface area (Å²) in [6.07, 6.45) is 8.64. The molecule has 4 aromatic rings. The maximum atomic E-state index is 13.6. The predicted molar refractivity (Wildman–Crippen MR) is 143 cm³/mol. The van der Waals surface area contributed by atoms with Crippen molar-refractivity contribution >= 4 is 27.2 Å². The van der Waals surface area contributed by atoms with Crippen LogP contribution < -0.4 is 5.56 Å². The zero-order valence-corrected chi connectivity index (χ0v) is 20.3. The lowest BCUT2D eigenvalue weighted by atomic mass is 9.94. The van der Waals surface area contributed by atoms with E-state index in [1.165, 1.54) is 16.7 Å². The maximum Gasteiger partial charge on any atom is 0.261 e. The van der Waals surface area contributed by atoms with E-state index in [1.54, 1.807) is 10.9 Å². The molecule has 0 spiro atoms. The Morgan fingerprint density at radius 2 is 1.89 bits per heavy atom. The highest BCUT2D eigenvalue weighted by atomic mass is 16.5. The Morgan fingerprint density at radius 3 is 2.64 bits per heavy atom. The van der Waals surface area contributed by atoms with E-state index in [2.05, 4.69) is 60.6 Å². The van der Waals surface area contributed by atoms with Crippen LogP contribution in [0.15, 0.2) is 84.1 Å². The summed E-state index contributed by atoms with van der Waals surface area (Å²) in [4.78, 5) is 20.5. The molecule has 2 aliphatic heterocycles. The van der Waals surface area contributed by atoms with Crippen molar-refractivity contribution in [3.63, 3.8) is 0 Å². The molecule has 1 saturated heterocycles. The van der Waals surface area contributed by atoms with Crippen molar-refractivity contribution in [2.45, 2.75) is 25.0 Å². The summed E-state index contributed by atoms with van der Waals surface area (Å²) in [5, 5.41) is 13.1. The highest BCUT2D eigenvalue weighted by Gasteiger charge is 2.27. The zero-order chi connectivity index (χ0) is 24.6. The third-order valence-electron chi connectivity index (χ3n) is 7.32. The Morgan fingerprint density at radius 1 is 1.08 bits per heavy atom. The molecule has 2 atom stereocenters. The molecular weight excluding hydrogens is 450 g/mol. The fraction of sp³-hybridized carbons (Fsp3) is 0.267. The average Bonchev–Trinajstić information content (AvgIpc) is 2.91. The van der Waals surface area contributed by atoms with Gasteiger partial charge in [-0.2, -0.15) is 0 Å². The van der Waals surface area contributed by atoms with E-state index in [-0.39, 0.29) is 18.2 Å². The standard InChI is InChI=1S/C30H29N3O3/c1-32-13-10-22(11-14-32)21-8-6-20(7-9-21)16-23-17-26-29(25-5-3-2-4-24(23)25)31-19-33(30(26)35)27-12-15-36-18-28(27)34/h2-11,13,17,19,27-28,34H,12,14-16,18H2,1H3/t27-,28-/m0/s1. The monoisotopic (exact) mass is 479 g/mol. The van der Waals surface area contributed by atoms with Gasteiger partial charge in [0.1, 0.15) is 0 Å². The molecule has 6 rings (SSSR count). The lowest BCUT2D eigenvalue weighted by Gasteiger charge is -2.29. The number of nitrogens with zero attached hydrogens (tertiary/aromatic N) is 3. The lowest BCUT2D eigenvalue weighted by Crippen LogP contribution is -2.39. The van der Waals surface area contributed by atoms with Gasteiger partial charge in [0.05, 0.1) is 36.0 Å². The summed E-state index contributed by atoms with van der Waals surface area (Å²) in [5.74, 6) is 0. The summed E-state index contributed by atoms with van der Waals surface area (Å²) in [6, 6.07) is 18.5. The summed E-state index contributed by atoms with van der Waals surface area (Å²) < 4.78 is 6.95. The summed E-state index contributed by atoms with van der Waals surface area (Å²) in [6.45, 7) is 1.67. The molecule has 36 heavy (non-hydrogen) atoms. The molecule has 1 aromatic heterocycles. The van der Waals surface area contributed by atoms with Crippen LogP contribution >= 0.6 is 0 Å². The van der Waals surface area contributed by atoms with Gasteiger partial charge in [-0.3, -0.25) is 9.36 Å². The molecule has 3 aromatic carbocycles. The summed E-state index contributed by atoms with van der Waals surface area (Å²) >= 11 is 0. The third-order valence-corrected chi connectivity index (χ3v) is 7.32. The van der Waals surface area contributed by atoms with Gasteiger partial charge in [0.2, 0.25) is 0 Å². The molecule has 2 aliphatic rings. The normalized spacial score (nSPS) is 20.2. The van der Waals surface area contributed by atoms with E-state index in [0.717, 1.165) is 22.9 Å². The van der Waals surface area contributed by atoms with Gasteiger partial charge in [-0.15, -0.1) is 0 Å². The van der Waals surface area contributed by atoms with Crippen LogP contribution in [-0.4, -0.2) is 52.5 Å². The van der Waals surface area contributed by atoms with E-state index >= 15 is 0 Å². The van der Waals surface area contributed by atoms with Crippen LogP contribution in [0.2, 0.25) is 0 Å². The van der Waals surface area contributed by atoms with Crippen molar-refractivity contribution in [3.8, 4) is 0 Å². The van der Waals surface area contributed by atoms with Crippen LogP contribution in [0.1, 0.15) is 29.2 Å². The van der Waals surface area contributed by atoms with Crippen LogP contribution in [0.5, 0.6) is 0 Å². The fourth-order valence-corrected chi connectivity index (χ4v) is 5.30. The number of aromatic nitrogens is 2. The molecule has 0 radical (unpaired) electrons. The smallest absolute Gasteiger partial charge is 0.261 e. The zero-order valence-electron chi connectivity index (χ0n) is 20.3. The van der Waals surface area contributed by atoms with Crippen molar-refractivity contribution in [3.05, 3.63) is 106 Å². The molecule has 6 nitrogen and oxygen atoms in total. The number of likely N-dealkylation sites (N-methyl/N-ethyl adjacent to an activating group) is 1. The minimum Gasteiger partial charge on any atom is -0.389 e. The average molecular weight is 480 g/mol. The Bertz CT molecular complexity index is 1550. The maximum absolute atomic E-state index is 13.6. The number of hydrogen-bond acceptors (Lipinski definition) is 5. The number of ether oxygens (including phenoxy) is 1. The topological polar surface area (TPSA) is 67.6 Å². The highest BCUT2D eigenvalue weighted by Crippen LogP contribution is 2.29. The minimum atomic E-state index is -0.719. The number of benzene rings is 3. The number of allylic oxidation sites excluding steroid dienone is 2. The SMILES string of the molecule is CN1C=CC(c2ccc(Cc3cc4c(=O)n([C@H]5CCOC[C@@H]5O)cnc4c4ccccc34)cc2)=CC1. The van der Waals surface area contributed by atoms with Crippen molar-refractivity contribution in [2.75, 3.05) is 26.8 Å². The van der Waals surface area contributed by atoms with Gasteiger partial charge in [0.25, 0.3) is 5.56 Å². The molecule has 0 aliphatic carbocycles. The highest BCUT2D eigenvalue weighted by molar-refractivity contribution is 6.06. The van der Waals surface area contributed by atoms with Crippen molar-refractivity contribution in [2.24, 2.45) is 0 Å². The van der Waals surface area contributed by atoms with Gasteiger partial charge in [-0.25, -0.2) is 4.98 Å². The van der Waals surface area contributed by atoms with Crippen molar-refractivity contribution in [1.82, 2.24) is 14.5 Å². The second-order valence-electron chi connectivity index (χ2n) is 9.72. The molecule has 1 N–H and O–H groups in total. The van der Waals surface area contributed by atoms with E-state index < -0.39 is 6.10 Å². The first kappa shape index (κ1) is 22.7. The number of aliphatic hydroxyl groups is 1. The Balaban J connectivity index is 1.40. The number of hydrogen-bond donors (Lipinski definition) is 1. The van der Waals surface area contributed by atoms with Gasteiger partial charge in [0.15, 0.2) is 0 Å². The van der Waals surface area contributed by atoms with Crippen molar-refractivity contribution < 1.29 is 9.84 Å². The largest absolute Gasteiger partial charge is 0.389 e. The molecular formula is C30H29N3O3. The number of aliphatic hydroxyl groups excluding tert-OH is 1. The van der Waals surface area contributed by atoms with E-state index in [9.17, 15) is 9.90 Å².